The van der Waals surface area contributed by atoms with E-state index in [1.165, 1.54) is 57.8 Å². The number of hydrogen-bond donors (Lipinski definition) is 3. The predicted molar refractivity (Wildman–Crippen MR) is 155 cm³/mol. The molecular formula is C31H64N2O3. The molecule has 5 heteroatoms. The Morgan fingerprint density at radius 2 is 1.42 bits per heavy atom. The van der Waals surface area contributed by atoms with Crippen molar-refractivity contribution in [2.75, 3.05) is 26.3 Å². The zero-order valence-corrected chi connectivity index (χ0v) is 25.5. The van der Waals surface area contributed by atoms with Gasteiger partial charge < -0.3 is 20.5 Å². The SMILES string of the molecule is CC.CC.CCCCCOCC(O)CNCC1CCC(CC2CCC(NC(=O)C(C)(C)C)CC2)CC1. The van der Waals surface area contributed by atoms with Crippen LogP contribution in [0.3, 0.4) is 0 Å². The minimum Gasteiger partial charge on any atom is -0.389 e. The Kier molecular flexibility index (Phi) is 20.9. The number of carbonyl (C=O) groups excluding carboxylic acids is 1. The van der Waals surface area contributed by atoms with Gasteiger partial charge in [0.05, 0.1) is 12.7 Å². The van der Waals surface area contributed by atoms with Crippen molar-refractivity contribution in [1.82, 2.24) is 10.6 Å². The van der Waals surface area contributed by atoms with E-state index in [0.29, 0.717) is 19.2 Å². The monoisotopic (exact) mass is 512 g/mol. The van der Waals surface area contributed by atoms with Gasteiger partial charge in [0.1, 0.15) is 0 Å². The largest absolute Gasteiger partial charge is 0.389 e. The summed E-state index contributed by atoms with van der Waals surface area (Å²) in [6, 6.07) is 0.386. The number of amides is 1. The minimum atomic E-state index is -0.392. The lowest BCUT2D eigenvalue weighted by atomic mass is 9.74. The van der Waals surface area contributed by atoms with Crippen molar-refractivity contribution < 1.29 is 14.6 Å². The highest BCUT2D eigenvalue weighted by Crippen LogP contribution is 2.37. The Balaban J connectivity index is 0.00000291. The molecular weight excluding hydrogens is 448 g/mol. The van der Waals surface area contributed by atoms with Crippen molar-refractivity contribution in [3.8, 4) is 0 Å². The first-order valence-electron chi connectivity index (χ1n) is 15.5. The van der Waals surface area contributed by atoms with Crippen molar-refractivity contribution >= 4 is 5.91 Å². The van der Waals surface area contributed by atoms with Gasteiger partial charge >= 0.3 is 0 Å². The summed E-state index contributed by atoms with van der Waals surface area (Å²) in [5, 5.41) is 16.8. The highest BCUT2D eigenvalue weighted by molar-refractivity contribution is 5.81. The topological polar surface area (TPSA) is 70.6 Å². The van der Waals surface area contributed by atoms with E-state index >= 15 is 0 Å². The van der Waals surface area contributed by atoms with Crippen molar-refractivity contribution in [1.29, 1.82) is 0 Å². The average molecular weight is 513 g/mol. The molecule has 5 nitrogen and oxygen atoms in total. The molecule has 0 saturated heterocycles. The standard InChI is InChI=1S/C27H52N2O3.2C2H6/c1-5-6-7-16-32-20-25(30)19-28-18-23-10-8-21(9-11-23)17-22-12-14-24(15-13-22)29-26(31)27(2,3)4;2*1-2/h21-25,28,30H,5-20H2,1-4H3,(H,29,31);2*1-2H3. The fraction of sp³-hybridized carbons (Fsp3) is 0.968. The van der Waals surface area contributed by atoms with Crippen molar-refractivity contribution in [2.45, 2.75) is 145 Å². The van der Waals surface area contributed by atoms with Crippen LogP contribution in [-0.4, -0.2) is 49.5 Å². The summed E-state index contributed by atoms with van der Waals surface area (Å²) in [7, 11) is 0. The van der Waals surface area contributed by atoms with E-state index in [2.05, 4.69) is 17.6 Å². The van der Waals surface area contributed by atoms with Gasteiger partial charge in [-0.2, -0.15) is 0 Å². The lowest BCUT2D eigenvalue weighted by Gasteiger charge is -2.35. The van der Waals surface area contributed by atoms with Gasteiger partial charge in [0.15, 0.2) is 0 Å². The molecule has 3 N–H and O–H groups in total. The maximum Gasteiger partial charge on any atom is 0.225 e. The second kappa shape index (κ2) is 21.3. The number of carbonyl (C=O) groups is 1. The molecule has 0 aromatic heterocycles. The van der Waals surface area contributed by atoms with Gasteiger partial charge in [-0.15, -0.1) is 0 Å². The van der Waals surface area contributed by atoms with E-state index in [1.807, 2.05) is 48.5 Å². The summed E-state index contributed by atoms with van der Waals surface area (Å²) in [6.45, 7) is 19.0. The molecule has 0 aromatic rings. The second-order valence-corrected chi connectivity index (χ2v) is 11.7. The van der Waals surface area contributed by atoms with Gasteiger partial charge in [-0.05, 0) is 75.7 Å². The van der Waals surface area contributed by atoms with E-state index < -0.39 is 6.10 Å². The molecule has 2 fully saturated rings. The summed E-state index contributed by atoms with van der Waals surface area (Å²) < 4.78 is 5.56. The number of nitrogens with one attached hydrogen (secondary N) is 2. The van der Waals surface area contributed by atoms with Crippen LogP contribution < -0.4 is 10.6 Å². The van der Waals surface area contributed by atoms with Crippen LogP contribution in [0.2, 0.25) is 0 Å². The zero-order chi connectivity index (χ0) is 27.4. The van der Waals surface area contributed by atoms with Crippen LogP contribution in [0, 0.1) is 23.2 Å². The van der Waals surface area contributed by atoms with Gasteiger partial charge in [0, 0.05) is 24.6 Å². The summed E-state index contributed by atoms with van der Waals surface area (Å²) in [4.78, 5) is 12.2. The summed E-state index contributed by atoms with van der Waals surface area (Å²) in [6.07, 6.45) is 14.7. The van der Waals surface area contributed by atoms with Crippen LogP contribution in [0.4, 0.5) is 0 Å². The molecule has 0 bridgehead atoms. The van der Waals surface area contributed by atoms with Crippen molar-refractivity contribution in [3.63, 3.8) is 0 Å². The third-order valence-corrected chi connectivity index (χ3v) is 7.51. The Hall–Kier alpha value is -0.650. The van der Waals surface area contributed by atoms with Crippen LogP contribution in [0.25, 0.3) is 0 Å². The molecule has 216 valence electrons. The Morgan fingerprint density at radius 3 is 1.94 bits per heavy atom. The van der Waals surface area contributed by atoms with Gasteiger partial charge in [-0.1, -0.05) is 81.1 Å². The first kappa shape index (κ1) is 35.4. The van der Waals surface area contributed by atoms with Crippen LogP contribution in [0.1, 0.15) is 132 Å². The quantitative estimate of drug-likeness (QED) is 0.230. The third-order valence-electron chi connectivity index (χ3n) is 7.51. The molecule has 2 aliphatic carbocycles. The van der Waals surface area contributed by atoms with E-state index in [-0.39, 0.29) is 11.3 Å². The molecule has 2 rings (SSSR count). The van der Waals surface area contributed by atoms with E-state index in [1.54, 1.807) is 0 Å². The summed E-state index contributed by atoms with van der Waals surface area (Å²) in [5.74, 6) is 2.69. The molecule has 2 saturated carbocycles. The first-order valence-corrected chi connectivity index (χ1v) is 15.5. The molecule has 1 unspecified atom stereocenters. The summed E-state index contributed by atoms with van der Waals surface area (Å²) in [5.41, 5.74) is -0.287. The highest BCUT2D eigenvalue weighted by Gasteiger charge is 2.29. The minimum absolute atomic E-state index is 0.194. The summed E-state index contributed by atoms with van der Waals surface area (Å²) >= 11 is 0. The first-order chi connectivity index (χ1) is 17.3. The molecule has 0 aliphatic heterocycles. The molecule has 36 heavy (non-hydrogen) atoms. The Morgan fingerprint density at radius 1 is 0.889 bits per heavy atom. The van der Waals surface area contributed by atoms with Crippen molar-refractivity contribution in [3.05, 3.63) is 0 Å². The van der Waals surface area contributed by atoms with Crippen LogP contribution in [0.5, 0.6) is 0 Å². The fourth-order valence-corrected chi connectivity index (χ4v) is 5.27. The van der Waals surface area contributed by atoms with Crippen molar-refractivity contribution in [2.24, 2.45) is 23.2 Å². The molecule has 0 radical (unpaired) electrons. The highest BCUT2D eigenvalue weighted by atomic mass is 16.5. The second-order valence-electron chi connectivity index (χ2n) is 11.7. The average Bonchev–Trinajstić information content (AvgIpc) is 2.88. The molecule has 0 heterocycles. The number of aliphatic hydroxyl groups excluding tert-OH is 1. The number of aliphatic hydroxyl groups is 1. The van der Waals surface area contributed by atoms with E-state index in [0.717, 1.165) is 50.2 Å². The van der Waals surface area contributed by atoms with Gasteiger partial charge in [0.2, 0.25) is 5.91 Å². The molecule has 1 amide bonds. The Bertz CT molecular complexity index is 504. The van der Waals surface area contributed by atoms with Gasteiger partial charge in [0.25, 0.3) is 0 Å². The number of ether oxygens (including phenoxy) is 1. The van der Waals surface area contributed by atoms with Gasteiger partial charge in [-0.25, -0.2) is 0 Å². The predicted octanol–water partition coefficient (Wildman–Crippen LogP) is 7.11. The molecule has 0 aromatic carbocycles. The van der Waals surface area contributed by atoms with Crippen LogP contribution in [-0.2, 0) is 9.53 Å². The lowest BCUT2D eigenvalue weighted by molar-refractivity contribution is -0.129. The maximum atomic E-state index is 12.2. The normalized spacial score (nSPS) is 25.0. The van der Waals surface area contributed by atoms with Gasteiger partial charge in [-0.3, -0.25) is 4.79 Å². The third kappa shape index (κ3) is 16.2. The fourth-order valence-electron chi connectivity index (χ4n) is 5.27. The van der Waals surface area contributed by atoms with E-state index in [9.17, 15) is 9.90 Å². The zero-order valence-electron chi connectivity index (χ0n) is 25.5. The number of unbranched alkanes of at least 4 members (excludes halogenated alkanes) is 2. The number of rotatable bonds is 13. The lowest BCUT2D eigenvalue weighted by Crippen LogP contribution is -2.43. The maximum absolute atomic E-state index is 12.2. The van der Waals surface area contributed by atoms with Crippen LogP contribution in [0.15, 0.2) is 0 Å². The van der Waals surface area contributed by atoms with Crippen LogP contribution >= 0.6 is 0 Å². The smallest absolute Gasteiger partial charge is 0.225 e. The molecule has 0 spiro atoms. The molecule has 1 atom stereocenters. The molecule has 2 aliphatic rings. The number of hydrogen-bond acceptors (Lipinski definition) is 4. The Labute approximate surface area is 225 Å². The van der Waals surface area contributed by atoms with E-state index in [4.69, 9.17) is 4.74 Å².